The molecule has 0 aromatic carbocycles. The van der Waals surface area contributed by atoms with Crippen molar-refractivity contribution in [3.05, 3.63) is 0 Å². The van der Waals surface area contributed by atoms with Crippen molar-refractivity contribution in [3.63, 3.8) is 0 Å². The van der Waals surface area contributed by atoms with Crippen molar-refractivity contribution in [2.24, 2.45) is 5.92 Å². The Kier molecular flexibility index (Phi) is 7.23. The Bertz CT molecular complexity index is 117. The van der Waals surface area contributed by atoms with Gasteiger partial charge in [-0.05, 0) is 25.8 Å². The van der Waals surface area contributed by atoms with E-state index in [-0.39, 0.29) is 6.10 Å². The van der Waals surface area contributed by atoms with Gasteiger partial charge >= 0.3 is 0 Å². The van der Waals surface area contributed by atoms with Crippen molar-refractivity contribution in [2.45, 2.75) is 39.3 Å². The van der Waals surface area contributed by atoms with Crippen LogP contribution < -0.4 is 5.32 Å². The molecule has 2 unspecified atom stereocenters. The van der Waals surface area contributed by atoms with E-state index in [1.54, 1.807) is 7.11 Å². The normalized spacial score (nSPS) is 16.2. The highest BCUT2D eigenvalue weighted by molar-refractivity contribution is 4.65. The van der Waals surface area contributed by atoms with E-state index in [2.05, 4.69) is 26.1 Å². The van der Waals surface area contributed by atoms with Crippen LogP contribution in [0.2, 0.25) is 0 Å². The average Bonchev–Trinajstić information content (AvgIpc) is 2.04. The maximum atomic E-state index is 9.34. The molecule has 0 radical (unpaired) electrons. The first kappa shape index (κ1) is 12.9. The lowest BCUT2D eigenvalue weighted by atomic mass is 10.1. The molecule has 0 aliphatic carbocycles. The molecule has 3 heteroatoms. The maximum absolute atomic E-state index is 9.34. The molecule has 0 aromatic rings. The van der Waals surface area contributed by atoms with Crippen molar-refractivity contribution in [3.8, 4) is 0 Å². The van der Waals surface area contributed by atoms with Gasteiger partial charge in [-0.1, -0.05) is 13.8 Å². The SMILES string of the molecule is COCC(O)CCNC(C)C(C)C. The summed E-state index contributed by atoms with van der Waals surface area (Å²) in [5.74, 6) is 0.638. The van der Waals surface area contributed by atoms with E-state index in [9.17, 15) is 5.11 Å². The van der Waals surface area contributed by atoms with E-state index in [0.717, 1.165) is 13.0 Å². The first-order valence-electron chi connectivity index (χ1n) is 4.98. The third kappa shape index (κ3) is 6.99. The van der Waals surface area contributed by atoms with Crippen LogP contribution in [0.4, 0.5) is 0 Å². The molecule has 0 spiro atoms. The second kappa shape index (κ2) is 7.30. The second-order valence-electron chi connectivity index (χ2n) is 3.88. The van der Waals surface area contributed by atoms with Crippen LogP contribution in [-0.4, -0.2) is 37.5 Å². The summed E-state index contributed by atoms with van der Waals surface area (Å²) in [5.41, 5.74) is 0. The van der Waals surface area contributed by atoms with Crippen molar-refractivity contribution in [2.75, 3.05) is 20.3 Å². The molecule has 0 saturated carbocycles. The Hall–Kier alpha value is -0.120. The van der Waals surface area contributed by atoms with Crippen LogP contribution >= 0.6 is 0 Å². The van der Waals surface area contributed by atoms with Crippen LogP contribution in [0.5, 0.6) is 0 Å². The summed E-state index contributed by atoms with van der Waals surface area (Å²) < 4.78 is 4.83. The third-order valence-electron chi connectivity index (χ3n) is 2.30. The summed E-state index contributed by atoms with van der Waals surface area (Å²) in [4.78, 5) is 0. The minimum atomic E-state index is -0.336. The van der Waals surface area contributed by atoms with Gasteiger partial charge in [0.1, 0.15) is 0 Å². The molecule has 3 nitrogen and oxygen atoms in total. The maximum Gasteiger partial charge on any atom is 0.0785 e. The van der Waals surface area contributed by atoms with E-state index in [0.29, 0.717) is 18.6 Å². The summed E-state index contributed by atoms with van der Waals surface area (Å²) in [6, 6.07) is 0.509. The molecule has 0 heterocycles. The molecule has 0 amide bonds. The zero-order chi connectivity index (χ0) is 10.3. The largest absolute Gasteiger partial charge is 0.391 e. The van der Waals surface area contributed by atoms with Gasteiger partial charge < -0.3 is 15.2 Å². The van der Waals surface area contributed by atoms with Crippen LogP contribution in [0.25, 0.3) is 0 Å². The number of nitrogens with one attached hydrogen (secondary N) is 1. The molecule has 2 atom stereocenters. The first-order valence-corrected chi connectivity index (χ1v) is 4.98. The highest BCUT2D eigenvalue weighted by Crippen LogP contribution is 2.00. The Morgan fingerprint density at radius 1 is 1.31 bits per heavy atom. The summed E-state index contributed by atoms with van der Waals surface area (Å²) in [5, 5.41) is 12.7. The van der Waals surface area contributed by atoms with Gasteiger partial charge in [0.25, 0.3) is 0 Å². The van der Waals surface area contributed by atoms with Crippen LogP contribution in [0.15, 0.2) is 0 Å². The number of hydrogen-bond donors (Lipinski definition) is 2. The molecule has 0 aromatic heterocycles. The zero-order valence-electron chi connectivity index (χ0n) is 9.21. The molecule has 0 fully saturated rings. The van der Waals surface area contributed by atoms with Crippen LogP contribution in [0, 0.1) is 5.92 Å². The summed E-state index contributed by atoms with van der Waals surface area (Å²) in [6.07, 6.45) is 0.419. The minimum absolute atomic E-state index is 0.336. The Balaban J connectivity index is 3.33. The van der Waals surface area contributed by atoms with Gasteiger partial charge in [-0.15, -0.1) is 0 Å². The van der Waals surface area contributed by atoms with Gasteiger partial charge in [0.05, 0.1) is 12.7 Å². The quantitative estimate of drug-likeness (QED) is 0.628. The first-order chi connectivity index (χ1) is 6.07. The molecule has 2 N–H and O–H groups in total. The van der Waals surface area contributed by atoms with Crippen molar-refractivity contribution in [1.29, 1.82) is 0 Å². The fourth-order valence-electron chi connectivity index (χ4n) is 0.989. The van der Waals surface area contributed by atoms with E-state index in [1.807, 2.05) is 0 Å². The molecule has 0 saturated heterocycles. The van der Waals surface area contributed by atoms with Gasteiger partial charge in [-0.3, -0.25) is 0 Å². The summed E-state index contributed by atoms with van der Waals surface area (Å²) >= 11 is 0. The number of rotatable bonds is 7. The second-order valence-corrected chi connectivity index (χ2v) is 3.88. The lowest BCUT2D eigenvalue weighted by Crippen LogP contribution is -2.33. The van der Waals surface area contributed by atoms with Crippen molar-refractivity contribution in [1.82, 2.24) is 5.32 Å². The zero-order valence-corrected chi connectivity index (χ0v) is 9.21. The molecule has 0 rings (SSSR count). The molecule has 0 aliphatic rings. The Labute approximate surface area is 81.5 Å². The molecule has 80 valence electrons. The fourth-order valence-corrected chi connectivity index (χ4v) is 0.989. The molecule has 0 bridgehead atoms. The molecule has 0 aliphatic heterocycles. The predicted molar refractivity (Wildman–Crippen MR) is 54.8 cm³/mol. The predicted octanol–water partition coefficient (Wildman–Crippen LogP) is 1.02. The molecular formula is C10H23NO2. The van der Waals surface area contributed by atoms with Crippen LogP contribution in [0.1, 0.15) is 27.2 Å². The van der Waals surface area contributed by atoms with Crippen molar-refractivity contribution >= 4 is 0 Å². The number of aliphatic hydroxyl groups is 1. The van der Waals surface area contributed by atoms with Crippen LogP contribution in [0.3, 0.4) is 0 Å². The summed E-state index contributed by atoms with van der Waals surface area (Å²) in [7, 11) is 1.60. The smallest absolute Gasteiger partial charge is 0.0785 e. The summed E-state index contributed by atoms with van der Waals surface area (Å²) in [6.45, 7) is 7.81. The number of aliphatic hydroxyl groups excluding tert-OH is 1. The number of ether oxygens (including phenoxy) is 1. The monoisotopic (exact) mass is 189 g/mol. The minimum Gasteiger partial charge on any atom is -0.391 e. The van der Waals surface area contributed by atoms with Gasteiger partial charge in [0.15, 0.2) is 0 Å². The topological polar surface area (TPSA) is 41.5 Å². The number of hydrogen-bond acceptors (Lipinski definition) is 3. The highest BCUT2D eigenvalue weighted by atomic mass is 16.5. The average molecular weight is 189 g/mol. The van der Waals surface area contributed by atoms with Gasteiger partial charge in [0, 0.05) is 13.2 Å². The Morgan fingerprint density at radius 2 is 1.92 bits per heavy atom. The highest BCUT2D eigenvalue weighted by Gasteiger charge is 2.07. The van der Waals surface area contributed by atoms with Gasteiger partial charge in [-0.25, -0.2) is 0 Å². The lowest BCUT2D eigenvalue weighted by molar-refractivity contribution is 0.0588. The molecule has 13 heavy (non-hydrogen) atoms. The number of methoxy groups -OCH3 is 1. The van der Waals surface area contributed by atoms with E-state index in [4.69, 9.17) is 4.74 Å². The third-order valence-corrected chi connectivity index (χ3v) is 2.30. The van der Waals surface area contributed by atoms with E-state index in [1.165, 1.54) is 0 Å². The molecular weight excluding hydrogens is 166 g/mol. The van der Waals surface area contributed by atoms with Gasteiger partial charge in [-0.2, -0.15) is 0 Å². The fraction of sp³-hybridized carbons (Fsp3) is 1.00. The van der Waals surface area contributed by atoms with Gasteiger partial charge in [0.2, 0.25) is 0 Å². The van der Waals surface area contributed by atoms with Crippen LogP contribution in [-0.2, 0) is 4.74 Å². The Morgan fingerprint density at radius 3 is 2.38 bits per heavy atom. The standard InChI is InChI=1S/C10H23NO2/c1-8(2)9(3)11-6-5-10(12)7-13-4/h8-12H,5-7H2,1-4H3. The van der Waals surface area contributed by atoms with Crippen molar-refractivity contribution < 1.29 is 9.84 Å². The lowest BCUT2D eigenvalue weighted by Gasteiger charge is -2.18. The van der Waals surface area contributed by atoms with E-state index >= 15 is 0 Å². The van der Waals surface area contributed by atoms with E-state index < -0.39 is 0 Å².